The Balaban J connectivity index is 1.80. The molecule has 0 heterocycles. The predicted molar refractivity (Wildman–Crippen MR) is 92.7 cm³/mol. The molecule has 3 unspecified atom stereocenters. The molecule has 1 amide bonds. The zero-order chi connectivity index (χ0) is 17.8. The number of nitrogens with one attached hydrogen (secondary N) is 1. The van der Waals surface area contributed by atoms with Crippen LogP contribution in [0.4, 0.5) is 8.78 Å². The Bertz CT molecular complexity index is 750. The van der Waals surface area contributed by atoms with Crippen molar-refractivity contribution in [3.05, 3.63) is 71.3 Å². The van der Waals surface area contributed by atoms with Crippen LogP contribution in [-0.4, -0.2) is 11.9 Å². The first-order valence-corrected chi connectivity index (χ1v) is 8.57. The lowest BCUT2D eigenvalue weighted by molar-refractivity contribution is -0.125. The molecular weight excluding hydrogens is 322 g/mol. The van der Waals surface area contributed by atoms with Gasteiger partial charge in [0.25, 0.3) is 0 Å². The minimum Gasteiger partial charge on any atom is -0.349 e. The summed E-state index contributed by atoms with van der Waals surface area (Å²) in [5, 5.41) is 3.01. The van der Waals surface area contributed by atoms with E-state index in [4.69, 9.17) is 5.73 Å². The lowest BCUT2D eigenvalue weighted by Crippen LogP contribution is -2.34. The summed E-state index contributed by atoms with van der Waals surface area (Å²) in [6.07, 6.45) is 2.67. The lowest BCUT2D eigenvalue weighted by atomic mass is 9.97. The van der Waals surface area contributed by atoms with E-state index in [2.05, 4.69) is 5.32 Å². The Labute approximate surface area is 146 Å². The van der Waals surface area contributed by atoms with Gasteiger partial charge in [-0.3, -0.25) is 4.79 Å². The number of halogens is 2. The van der Waals surface area contributed by atoms with Gasteiger partial charge in [0.2, 0.25) is 5.91 Å². The van der Waals surface area contributed by atoms with Crippen LogP contribution in [0.3, 0.4) is 0 Å². The average molecular weight is 344 g/mol. The molecular formula is C20H22F2N2O. The maximum atomic E-state index is 13.6. The summed E-state index contributed by atoms with van der Waals surface area (Å²) in [6, 6.07) is 12.0. The maximum Gasteiger partial charge on any atom is 0.223 e. The Morgan fingerprint density at radius 3 is 2.48 bits per heavy atom. The third-order valence-corrected chi connectivity index (χ3v) is 4.74. The number of nitrogens with two attached hydrogens (primary N) is 1. The van der Waals surface area contributed by atoms with E-state index < -0.39 is 6.04 Å². The zero-order valence-corrected chi connectivity index (χ0v) is 13.9. The molecule has 0 radical (unpaired) electrons. The Morgan fingerprint density at radius 2 is 1.84 bits per heavy atom. The van der Waals surface area contributed by atoms with Crippen molar-refractivity contribution in [3.8, 4) is 0 Å². The third kappa shape index (κ3) is 4.63. The molecule has 3 N–H and O–H groups in total. The average Bonchev–Trinajstić information content (AvgIpc) is 3.01. The van der Waals surface area contributed by atoms with Crippen LogP contribution < -0.4 is 11.1 Å². The van der Waals surface area contributed by atoms with Crippen molar-refractivity contribution in [1.29, 1.82) is 0 Å². The second-order valence-electron chi connectivity index (χ2n) is 6.72. The third-order valence-electron chi connectivity index (χ3n) is 4.74. The van der Waals surface area contributed by atoms with Crippen LogP contribution in [0.1, 0.15) is 36.4 Å². The van der Waals surface area contributed by atoms with Crippen LogP contribution in [0.15, 0.2) is 48.5 Å². The number of amides is 1. The minimum atomic E-state index is -0.415. The highest BCUT2D eigenvalue weighted by Gasteiger charge is 2.29. The largest absolute Gasteiger partial charge is 0.349 e. The summed E-state index contributed by atoms with van der Waals surface area (Å²) in [6.45, 7) is 0. The van der Waals surface area contributed by atoms with Gasteiger partial charge in [-0.2, -0.15) is 0 Å². The van der Waals surface area contributed by atoms with Gasteiger partial charge in [-0.25, -0.2) is 8.78 Å². The number of rotatable bonds is 5. The Hall–Kier alpha value is -2.27. The number of hydrogen-bond donors (Lipinski definition) is 2. The Kier molecular flexibility index (Phi) is 5.43. The Morgan fingerprint density at radius 1 is 1.12 bits per heavy atom. The van der Waals surface area contributed by atoms with E-state index in [1.807, 2.05) is 0 Å². The smallest absolute Gasteiger partial charge is 0.223 e. The number of carbonyl (C=O) groups excluding carboxylic acids is 1. The molecule has 0 spiro atoms. The fourth-order valence-corrected chi connectivity index (χ4v) is 3.42. The molecule has 0 aliphatic heterocycles. The van der Waals surface area contributed by atoms with Crippen LogP contribution >= 0.6 is 0 Å². The fourth-order valence-electron chi connectivity index (χ4n) is 3.42. The van der Waals surface area contributed by atoms with Gasteiger partial charge in [0, 0.05) is 12.0 Å². The first kappa shape index (κ1) is 17.5. The summed E-state index contributed by atoms with van der Waals surface area (Å²) in [5.41, 5.74) is 7.31. The number of hydrogen-bond acceptors (Lipinski definition) is 2. The van der Waals surface area contributed by atoms with Crippen molar-refractivity contribution in [2.75, 3.05) is 0 Å². The van der Waals surface area contributed by atoms with Crippen molar-refractivity contribution in [2.45, 2.75) is 37.8 Å². The predicted octanol–water partition coefficient (Wildman–Crippen LogP) is 3.49. The van der Waals surface area contributed by atoms with Crippen LogP contribution in [0.5, 0.6) is 0 Å². The molecule has 25 heavy (non-hydrogen) atoms. The summed E-state index contributed by atoms with van der Waals surface area (Å²) >= 11 is 0. The molecule has 0 aromatic heterocycles. The van der Waals surface area contributed by atoms with E-state index >= 15 is 0 Å². The first-order valence-electron chi connectivity index (χ1n) is 8.57. The number of benzene rings is 2. The molecule has 132 valence electrons. The lowest BCUT2D eigenvalue weighted by Gasteiger charge is -2.22. The van der Waals surface area contributed by atoms with Gasteiger partial charge in [0.15, 0.2) is 0 Å². The molecule has 1 fully saturated rings. The molecule has 3 rings (SSSR count). The monoisotopic (exact) mass is 344 g/mol. The standard InChI is InChI=1S/C20H22F2N2O/c21-16-5-1-3-13(9-16)10-19(14-4-2-6-17(22)11-14)24-20(25)15-7-8-18(23)12-15/h1-6,9,11,15,18-19H,7-8,10,12,23H2,(H,24,25). The summed E-state index contributed by atoms with van der Waals surface area (Å²) in [5.74, 6) is -0.875. The van der Waals surface area contributed by atoms with E-state index in [0.29, 0.717) is 18.4 Å². The highest BCUT2D eigenvalue weighted by Crippen LogP contribution is 2.26. The van der Waals surface area contributed by atoms with Crippen molar-refractivity contribution in [2.24, 2.45) is 11.7 Å². The van der Waals surface area contributed by atoms with Gasteiger partial charge in [-0.15, -0.1) is 0 Å². The SMILES string of the molecule is NC1CCC(C(=O)NC(Cc2cccc(F)c2)c2cccc(F)c2)C1. The van der Waals surface area contributed by atoms with Gasteiger partial charge in [0.05, 0.1) is 6.04 Å². The first-order chi connectivity index (χ1) is 12.0. The molecule has 1 saturated carbocycles. The molecule has 0 bridgehead atoms. The second-order valence-corrected chi connectivity index (χ2v) is 6.72. The van der Waals surface area contributed by atoms with E-state index in [9.17, 15) is 13.6 Å². The van der Waals surface area contributed by atoms with Crippen molar-refractivity contribution in [3.63, 3.8) is 0 Å². The molecule has 2 aromatic rings. The molecule has 1 aliphatic carbocycles. The molecule has 3 atom stereocenters. The van der Waals surface area contributed by atoms with Crippen molar-refractivity contribution in [1.82, 2.24) is 5.32 Å². The van der Waals surface area contributed by atoms with Crippen LogP contribution in [0, 0.1) is 17.6 Å². The molecule has 0 saturated heterocycles. The normalized spacial score (nSPS) is 21.1. The van der Waals surface area contributed by atoms with Crippen LogP contribution in [0.25, 0.3) is 0 Å². The highest BCUT2D eigenvalue weighted by molar-refractivity contribution is 5.79. The molecule has 2 aromatic carbocycles. The fraction of sp³-hybridized carbons (Fsp3) is 0.350. The van der Waals surface area contributed by atoms with Crippen molar-refractivity contribution < 1.29 is 13.6 Å². The maximum absolute atomic E-state index is 13.6. The highest BCUT2D eigenvalue weighted by atomic mass is 19.1. The minimum absolute atomic E-state index is 0.0617. The van der Waals surface area contributed by atoms with E-state index in [1.165, 1.54) is 24.3 Å². The van der Waals surface area contributed by atoms with Gasteiger partial charge >= 0.3 is 0 Å². The van der Waals surface area contributed by atoms with E-state index in [1.54, 1.807) is 24.3 Å². The van der Waals surface area contributed by atoms with E-state index in [-0.39, 0.29) is 29.5 Å². The van der Waals surface area contributed by atoms with Crippen LogP contribution in [-0.2, 0) is 11.2 Å². The number of carbonyl (C=O) groups is 1. The summed E-state index contributed by atoms with van der Waals surface area (Å²) in [7, 11) is 0. The summed E-state index contributed by atoms with van der Waals surface area (Å²) < 4.78 is 27.1. The van der Waals surface area contributed by atoms with Gasteiger partial charge in [0.1, 0.15) is 11.6 Å². The second kappa shape index (κ2) is 7.74. The topological polar surface area (TPSA) is 55.1 Å². The molecule has 1 aliphatic rings. The summed E-state index contributed by atoms with van der Waals surface area (Å²) in [4.78, 5) is 12.6. The van der Waals surface area contributed by atoms with Gasteiger partial charge in [-0.1, -0.05) is 24.3 Å². The molecule has 3 nitrogen and oxygen atoms in total. The van der Waals surface area contributed by atoms with Crippen molar-refractivity contribution >= 4 is 5.91 Å². The van der Waals surface area contributed by atoms with E-state index in [0.717, 1.165) is 18.4 Å². The van der Waals surface area contributed by atoms with Crippen LogP contribution in [0.2, 0.25) is 0 Å². The van der Waals surface area contributed by atoms with Gasteiger partial charge < -0.3 is 11.1 Å². The molecule has 5 heteroatoms. The quantitative estimate of drug-likeness (QED) is 0.872. The van der Waals surface area contributed by atoms with Gasteiger partial charge in [-0.05, 0) is 61.1 Å². The zero-order valence-electron chi connectivity index (χ0n) is 13.9.